The van der Waals surface area contributed by atoms with Crippen LogP contribution in [0.4, 0.5) is 0 Å². The van der Waals surface area contributed by atoms with Crippen LogP contribution in [-0.4, -0.2) is 4.98 Å². The molecule has 0 aliphatic rings. The van der Waals surface area contributed by atoms with Crippen LogP contribution in [0.2, 0.25) is 0 Å². The topological polar surface area (TPSA) is 12.9 Å². The van der Waals surface area contributed by atoms with Gasteiger partial charge in [-0.1, -0.05) is 72.3 Å². The number of rotatable bonds is 8. The first-order valence-electron chi connectivity index (χ1n) is 8.80. The summed E-state index contributed by atoms with van der Waals surface area (Å²) in [6.45, 7) is 11.0. The van der Waals surface area contributed by atoms with Crippen LogP contribution in [0.15, 0.2) is 24.5 Å². The molecule has 120 valence electrons. The largest absolute Gasteiger partial charge is 0.264 e. The van der Waals surface area contributed by atoms with Crippen molar-refractivity contribution >= 4 is 5.57 Å². The van der Waals surface area contributed by atoms with Crippen molar-refractivity contribution in [1.82, 2.24) is 4.98 Å². The Hall–Kier alpha value is -1.11. The fourth-order valence-electron chi connectivity index (χ4n) is 2.18. The summed E-state index contributed by atoms with van der Waals surface area (Å²) in [6.07, 6.45) is 16.6. The Labute approximate surface area is 132 Å². The second kappa shape index (κ2) is 13.9. The highest BCUT2D eigenvalue weighted by molar-refractivity contribution is 5.64. The van der Waals surface area contributed by atoms with Crippen molar-refractivity contribution < 1.29 is 0 Å². The fraction of sp³-hybridized carbons (Fsp3) is 0.650. The molecule has 1 aromatic heterocycles. The molecule has 0 unspecified atom stereocenters. The Morgan fingerprint density at radius 3 is 2.05 bits per heavy atom. The zero-order valence-corrected chi connectivity index (χ0v) is 14.9. The van der Waals surface area contributed by atoms with Gasteiger partial charge in [0.05, 0.1) is 0 Å². The molecule has 1 rings (SSSR count). The molecule has 0 fully saturated rings. The van der Waals surface area contributed by atoms with Gasteiger partial charge in [-0.15, -0.1) is 0 Å². The highest BCUT2D eigenvalue weighted by atomic mass is 14.6. The molecule has 21 heavy (non-hydrogen) atoms. The number of hydrogen-bond donors (Lipinski definition) is 0. The minimum absolute atomic E-state index is 1.09. The van der Waals surface area contributed by atoms with Crippen molar-refractivity contribution in [3.05, 3.63) is 35.7 Å². The number of allylic oxidation sites excluding steroid dienone is 2. The summed E-state index contributed by atoms with van der Waals surface area (Å²) in [5.74, 6) is 0. The number of aryl methyl sites for hydroxylation is 1. The third-order valence-corrected chi connectivity index (χ3v) is 3.53. The van der Waals surface area contributed by atoms with Crippen LogP contribution in [-0.2, 0) is 0 Å². The van der Waals surface area contributed by atoms with E-state index in [1.165, 1.54) is 61.6 Å². The summed E-state index contributed by atoms with van der Waals surface area (Å²) in [4.78, 5) is 4.24. The molecule has 1 aromatic rings. The molecule has 0 atom stereocenters. The lowest BCUT2D eigenvalue weighted by Gasteiger charge is -2.05. The zero-order valence-electron chi connectivity index (χ0n) is 14.9. The summed E-state index contributed by atoms with van der Waals surface area (Å²) in [5, 5.41) is 0. The molecular formula is C20H35N. The normalized spacial score (nSPS) is 11.0. The lowest BCUT2D eigenvalue weighted by Crippen LogP contribution is -1.87. The van der Waals surface area contributed by atoms with Gasteiger partial charge in [-0.2, -0.15) is 0 Å². The predicted molar refractivity (Wildman–Crippen MR) is 96.6 cm³/mol. The molecule has 1 heterocycles. The van der Waals surface area contributed by atoms with Crippen LogP contribution in [0.25, 0.3) is 5.57 Å². The van der Waals surface area contributed by atoms with Crippen LogP contribution in [0.3, 0.4) is 0 Å². The van der Waals surface area contributed by atoms with Gasteiger partial charge in [0.15, 0.2) is 0 Å². The lowest BCUT2D eigenvalue weighted by atomic mass is 10.0. The van der Waals surface area contributed by atoms with Gasteiger partial charge in [0, 0.05) is 12.4 Å². The van der Waals surface area contributed by atoms with E-state index in [0.717, 1.165) is 6.42 Å². The van der Waals surface area contributed by atoms with E-state index in [1.807, 2.05) is 12.4 Å². The Balaban J connectivity index is 0.000000567. The van der Waals surface area contributed by atoms with Gasteiger partial charge in [0.2, 0.25) is 0 Å². The van der Waals surface area contributed by atoms with Crippen molar-refractivity contribution in [3.8, 4) is 0 Å². The van der Waals surface area contributed by atoms with Crippen LogP contribution in [0.5, 0.6) is 0 Å². The zero-order chi connectivity index (χ0) is 15.9. The minimum Gasteiger partial charge on any atom is -0.264 e. The monoisotopic (exact) mass is 289 g/mol. The third kappa shape index (κ3) is 10.3. The van der Waals surface area contributed by atoms with E-state index in [1.54, 1.807) is 0 Å². The van der Waals surface area contributed by atoms with Crippen molar-refractivity contribution in [2.24, 2.45) is 0 Å². The number of unbranched alkanes of at least 4 members (excludes halogenated alkanes) is 5. The molecule has 0 spiro atoms. The first kappa shape index (κ1) is 19.9. The highest BCUT2D eigenvalue weighted by Crippen LogP contribution is 2.19. The molecule has 0 saturated carbocycles. The summed E-state index contributed by atoms with van der Waals surface area (Å²) in [7, 11) is 0. The molecular weight excluding hydrogens is 254 g/mol. The molecule has 0 saturated heterocycles. The van der Waals surface area contributed by atoms with Gasteiger partial charge in [-0.3, -0.25) is 4.98 Å². The van der Waals surface area contributed by atoms with Gasteiger partial charge >= 0.3 is 0 Å². The van der Waals surface area contributed by atoms with E-state index in [4.69, 9.17) is 0 Å². The average molecular weight is 290 g/mol. The van der Waals surface area contributed by atoms with Crippen LogP contribution < -0.4 is 0 Å². The van der Waals surface area contributed by atoms with Gasteiger partial charge in [0.25, 0.3) is 0 Å². The maximum Gasteiger partial charge on any atom is 0.0343 e. The van der Waals surface area contributed by atoms with Gasteiger partial charge < -0.3 is 0 Å². The Bertz CT molecular complexity index is 375. The van der Waals surface area contributed by atoms with Crippen molar-refractivity contribution in [3.63, 3.8) is 0 Å². The Kier molecular flexibility index (Phi) is 13.1. The maximum atomic E-state index is 4.24. The van der Waals surface area contributed by atoms with E-state index in [9.17, 15) is 0 Å². The second-order valence-corrected chi connectivity index (χ2v) is 5.68. The maximum absolute atomic E-state index is 4.24. The van der Waals surface area contributed by atoms with Crippen molar-refractivity contribution in [1.29, 1.82) is 0 Å². The van der Waals surface area contributed by atoms with Crippen LogP contribution >= 0.6 is 0 Å². The van der Waals surface area contributed by atoms with E-state index < -0.39 is 0 Å². The number of pyridine rings is 1. The van der Waals surface area contributed by atoms with Crippen molar-refractivity contribution in [2.45, 2.75) is 86.0 Å². The van der Waals surface area contributed by atoms with Crippen LogP contribution in [0.1, 0.15) is 90.2 Å². The summed E-state index contributed by atoms with van der Waals surface area (Å²) in [6, 6.07) is 2.22. The fourth-order valence-corrected chi connectivity index (χ4v) is 2.18. The van der Waals surface area contributed by atoms with Gasteiger partial charge in [0.1, 0.15) is 0 Å². The summed E-state index contributed by atoms with van der Waals surface area (Å²) >= 11 is 0. The SMILES string of the molecule is CCCC/C=C(\CC)c1cncc(C)c1.CCCCCC. The van der Waals surface area contributed by atoms with E-state index in [0.29, 0.717) is 0 Å². The smallest absolute Gasteiger partial charge is 0.0343 e. The van der Waals surface area contributed by atoms with Crippen molar-refractivity contribution in [2.75, 3.05) is 0 Å². The molecule has 0 bridgehead atoms. The Morgan fingerprint density at radius 1 is 0.952 bits per heavy atom. The molecule has 0 radical (unpaired) electrons. The molecule has 1 heteroatoms. The molecule has 0 aliphatic heterocycles. The number of nitrogens with zero attached hydrogens (tertiary/aromatic N) is 1. The lowest BCUT2D eigenvalue weighted by molar-refractivity contribution is 0.702. The molecule has 1 nitrogen and oxygen atoms in total. The van der Waals surface area contributed by atoms with E-state index >= 15 is 0 Å². The minimum atomic E-state index is 1.09. The Morgan fingerprint density at radius 2 is 1.57 bits per heavy atom. The standard InChI is InChI=1S/C14H21N.C6H14/c1-4-6-7-8-13(5-2)14-9-12(3)10-15-11-14;1-3-5-6-4-2/h8-11H,4-7H2,1-3H3;3-6H2,1-2H3/b13-8+;. The van der Waals surface area contributed by atoms with E-state index in [-0.39, 0.29) is 0 Å². The first-order valence-corrected chi connectivity index (χ1v) is 8.80. The number of hydrogen-bond acceptors (Lipinski definition) is 1. The summed E-state index contributed by atoms with van der Waals surface area (Å²) in [5.41, 5.74) is 3.95. The number of aromatic nitrogens is 1. The predicted octanol–water partition coefficient (Wildman–Crippen LogP) is 6.96. The first-order chi connectivity index (χ1) is 10.2. The average Bonchev–Trinajstić information content (AvgIpc) is 2.50. The van der Waals surface area contributed by atoms with E-state index in [2.05, 4.69) is 51.7 Å². The highest BCUT2D eigenvalue weighted by Gasteiger charge is 1.99. The van der Waals surface area contributed by atoms with Crippen LogP contribution in [0, 0.1) is 6.92 Å². The molecule has 0 aromatic carbocycles. The molecule has 0 amide bonds. The van der Waals surface area contributed by atoms with Gasteiger partial charge in [-0.05, 0) is 42.5 Å². The quantitative estimate of drug-likeness (QED) is 0.471. The summed E-state index contributed by atoms with van der Waals surface area (Å²) < 4.78 is 0. The third-order valence-electron chi connectivity index (χ3n) is 3.53. The molecule has 0 aliphatic carbocycles. The second-order valence-electron chi connectivity index (χ2n) is 5.68. The van der Waals surface area contributed by atoms with Gasteiger partial charge in [-0.25, -0.2) is 0 Å². The molecule has 0 N–H and O–H groups in total.